The van der Waals surface area contributed by atoms with Crippen molar-refractivity contribution in [1.82, 2.24) is 4.31 Å². The average molecular weight is 269 g/mol. The van der Waals surface area contributed by atoms with Crippen molar-refractivity contribution >= 4 is 10.0 Å². The molecule has 1 aliphatic heterocycles. The van der Waals surface area contributed by atoms with Crippen LogP contribution in [0.15, 0.2) is 24.3 Å². The Labute approximate surface area is 109 Å². The fraction of sp³-hybridized carbons (Fsp3) is 0.538. The lowest BCUT2D eigenvalue weighted by Gasteiger charge is -2.30. The summed E-state index contributed by atoms with van der Waals surface area (Å²) in [6, 6.07) is 8.52. The summed E-state index contributed by atoms with van der Waals surface area (Å²) >= 11 is 0. The van der Waals surface area contributed by atoms with E-state index < -0.39 is 10.0 Å². The van der Waals surface area contributed by atoms with Gasteiger partial charge in [-0.2, -0.15) is 4.31 Å². The number of hydrogen-bond donors (Lipinski definition) is 1. The molecule has 0 radical (unpaired) electrons. The second kappa shape index (κ2) is 5.38. The van der Waals surface area contributed by atoms with Gasteiger partial charge in [-0.25, -0.2) is 8.42 Å². The first-order chi connectivity index (χ1) is 8.45. The third-order valence-corrected chi connectivity index (χ3v) is 4.74. The van der Waals surface area contributed by atoms with Crippen LogP contribution < -0.4 is 4.90 Å². The highest BCUT2D eigenvalue weighted by molar-refractivity contribution is 7.88. The molecule has 1 fully saturated rings. The topological polar surface area (TPSA) is 41.8 Å². The van der Waals surface area contributed by atoms with Crippen molar-refractivity contribution < 1.29 is 13.3 Å². The van der Waals surface area contributed by atoms with Crippen LogP contribution in [-0.4, -0.2) is 45.2 Å². The lowest BCUT2D eigenvalue weighted by atomic mass is 10.1. The van der Waals surface area contributed by atoms with Gasteiger partial charge in [-0.15, -0.1) is 0 Å². The van der Waals surface area contributed by atoms with E-state index in [-0.39, 0.29) is 0 Å². The highest BCUT2D eigenvalue weighted by Crippen LogP contribution is 2.03. The minimum Gasteiger partial charge on any atom is -0.329 e. The van der Waals surface area contributed by atoms with Crippen molar-refractivity contribution in [2.24, 2.45) is 0 Å². The van der Waals surface area contributed by atoms with Crippen LogP contribution in [0.5, 0.6) is 0 Å². The molecule has 1 saturated heterocycles. The maximum atomic E-state index is 11.4. The summed E-state index contributed by atoms with van der Waals surface area (Å²) in [5.41, 5.74) is 2.61. The molecular formula is C13H21N2O2S+. The molecule has 0 spiro atoms. The van der Waals surface area contributed by atoms with Gasteiger partial charge in [0.25, 0.3) is 0 Å². The Kier molecular flexibility index (Phi) is 4.04. The van der Waals surface area contributed by atoms with Crippen LogP contribution in [0.3, 0.4) is 0 Å². The minimum absolute atomic E-state index is 0.639. The Morgan fingerprint density at radius 1 is 1.28 bits per heavy atom. The molecule has 1 aromatic carbocycles. The number of quaternary nitrogens is 1. The minimum atomic E-state index is -3.01. The number of nitrogens with zero attached hydrogens (tertiary/aromatic N) is 1. The molecule has 0 amide bonds. The summed E-state index contributed by atoms with van der Waals surface area (Å²) in [4.78, 5) is 1.46. The van der Waals surface area contributed by atoms with Crippen molar-refractivity contribution in [2.75, 3.05) is 32.4 Å². The largest absolute Gasteiger partial charge is 0.329 e. The van der Waals surface area contributed by atoms with Crippen molar-refractivity contribution in [3.05, 3.63) is 35.4 Å². The van der Waals surface area contributed by atoms with Gasteiger partial charge in [0.05, 0.1) is 32.4 Å². The Balaban J connectivity index is 1.91. The number of benzene rings is 1. The van der Waals surface area contributed by atoms with Gasteiger partial charge < -0.3 is 4.90 Å². The van der Waals surface area contributed by atoms with Crippen LogP contribution in [-0.2, 0) is 16.6 Å². The van der Waals surface area contributed by atoms with Crippen molar-refractivity contribution in [3.8, 4) is 0 Å². The van der Waals surface area contributed by atoms with Crippen LogP contribution >= 0.6 is 0 Å². The van der Waals surface area contributed by atoms with Gasteiger partial charge in [0.15, 0.2) is 0 Å². The van der Waals surface area contributed by atoms with Gasteiger partial charge in [-0.1, -0.05) is 29.8 Å². The van der Waals surface area contributed by atoms with Crippen LogP contribution in [0.1, 0.15) is 11.1 Å². The van der Waals surface area contributed by atoms with E-state index in [9.17, 15) is 8.42 Å². The number of hydrogen-bond acceptors (Lipinski definition) is 2. The smallest absolute Gasteiger partial charge is 0.211 e. The second-order valence-electron chi connectivity index (χ2n) is 5.08. The van der Waals surface area contributed by atoms with Crippen molar-refractivity contribution in [3.63, 3.8) is 0 Å². The van der Waals surface area contributed by atoms with E-state index in [0.29, 0.717) is 13.1 Å². The van der Waals surface area contributed by atoms with Crippen LogP contribution in [0.4, 0.5) is 0 Å². The zero-order valence-electron chi connectivity index (χ0n) is 11.0. The molecule has 0 aromatic heterocycles. The first-order valence-electron chi connectivity index (χ1n) is 6.29. The van der Waals surface area contributed by atoms with Crippen LogP contribution in [0.2, 0.25) is 0 Å². The number of aryl methyl sites for hydroxylation is 1. The number of rotatable bonds is 3. The highest BCUT2D eigenvalue weighted by Gasteiger charge is 2.25. The van der Waals surface area contributed by atoms with Crippen LogP contribution in [0.25, 0.3) is 0 Å². The third kappa shape index (κ3) is 3.54. The van der Waals surface area contributed by atoms with E-state index in [1.165, 1.54) is 22.3 Å². The molecule has 18 heavy (non-hydrogen) atoms. The number of nitrogens with one attached hydrogen (secondary N) is 1. The Bertz CT molecular complexity index is 505. The van der Waals surface area contributed by atoms with E-state index in [2.05, 4.69) is 31.2 Å². The molecule has 5 heteroatoms. The maximum Gasteiger partial charge on any atom is 0.211 e. The molecule has 0 bridgehead atoms. The molecule has 1 aliphatic rings. The normalized spacial score (nSPS) is 19.0. The van der Waals surface area contributed by atoms with E-state index >= 15 is 0 Å². The summed E-state index contributed by atoms with van der Waals surface area (Å²) in [7, 11) is -3.01. The van der Waals surface area contributed by atoms with E-state index in [4.69, 9.17) is 0 Å². The summed E-state index contributed by atoms with van der Waals surface area (Å²) in [5, 5.41) is 0. The van der Waals surface area contributed by atoms with Crippen molar-refractivity contribution in [2.45, 2.75) is 13.5 Å². The molecule has 1 N–H and O–H groups in total. The standard InChI is InChI=1S/C13H20N2O2S/c1-12-4-3-5-13(10-12)11-14-6-8-15(9-7-14)18(2,16)17/h3-5,10H,6-9,11H2,1-2H3/p+1. The van der Waals surface area contributed by atoms with Crippen molar-refractivity contribution in [1.29, 1.82) is 0 Å². The van der Waals surface area contributed by atoms with Gasteiger partial charge in [0.1, 0.15) is 6.54 Å². The summed E-state index contributed by atoms with van der Waals surface area (Å²) in [6.45, 7) is 6.14. The third-order valence-electron chi connectivity index (χ3n) is 3.44. The van der Waals surface area contributed by atoms with E-state index in [0.717, 1.165) is 19.6 Å². The monoisotopic (exact) mass is 269 g/mol. The number of sulfonamides is 1. The SMILES string of the molecule is Cc1cccc(C[NH+]2CCN(S(C)(=O)=O)CC2)c1. The quantitative estimate of drug-likeness (QED) is 0.815. The molecule has 0 atom stereocenters. The highest BCUT2D eigenvalue weighted by atomic mass is 32.2. The number of piperazine rings is 1. The Morgan fingerprint density at radius 3 is 2.50 bits per heavy atom. The molecule has 0 unspecified atom stereocenters. The molecular weight excluding hydrogens is 248 g/mol. The molecule has 1 aromatic rings. The summed E-state index contributed by atoms with van der Waals surface area (Å²) in [5.74, 6) is 0. The fourth-order valence-electron chi connectivity index (χ4n) is 2.42. The van der Waals surface area contributed by atoms with Gasteiger partial charge in [0.2, 0.25) is 10.0 Å². The summed E-state index contributed by atoms with van der Waals surface area (Å²) in [6.07, 6.45) is 1.29. The fourth-order valence-corrected chi connectivity index (χ4v) is 3.27. The molecule has 0 saturated carbocycles. The van der Waals surface area contributed by atoms with E-state index in [1.54, 1.807) is 4.31 Å². The Hall–Kier alpha value is -0.910. The zero-order valence-corrected chi connectivity index (χ0v) is 11.8. The van der Waals surface area contributed by atoms with Gasteiger partial charge >= 0.3 is 0 Å². The van der Waals surface area contributed by atoms with E-state index in [1.807, 2.05) is 0 Å². The molecule has 0 aliphatic carbocycles. The summed E-state index contributed by atoms with van der Waals surface area (Å²) < 4.78 is 24.4. The van der Waals surface area contributed by atoms with Gasteiger partial charge in [-0.05, 0) is 6.92 Å². The lowest BCUT2D eigenvalue weighted by molar-refractivity contribution is -0.917. The van der Waals surface area contributed by atoms with Crippen LogP contribution in [0, 0.1) is 6.92 Å². The Morgan fingerprint density at radius 2 is 1.94 bits per heavy atom. The zero-order chi connectivity index (χ0) is 13.2. The molecule has 2 rings (SSSR count). The van der Waals surface area contributed by atoms with Gasteiger partial charge in [0, 0.05) is 5.56 Å². The molecule has 100 valence electrons. The average Bonchev–Trinajstić information content (AvgIpc) is 2.28. The lowest BCUT2D eigenvalue weighted by Crippen LogP contribution is -3.13. The first-order valence-corrected chi connectivity index (χ1v) is 8.14. The second-order valence-corrected chi connectivity index (χ2v) is 7.06. The maximum absolute atomic E-state index is 11.4. The molecule has 4 nitrogen and oxygen atoms in total. The predicted octanol–water partition coefficient (Wildman–Crippen LogP) is -0.345. The first kappa shape index (κ1) is 13.5. The predicted molar refractivity (Wildman–Crippen MR) is 72.0 cm³/mol. The van der Waals surface area contributed by atoms with Gasteiger partial charge in [-0.3, -0.25) is 0 Å². The molecule has 1 heterocycles.